The molecule has 3 atom stereocenters. The minimum atomic E-state index is -3.39. The van der Waals surface area contributed by atoms with Crippen LogP contribution in [0.1, 0.15) is 31.9 Å². The summed E-state index contributed by atoms with van der Waals surface area (Å²) in [6.45, 7) is 4.12. The van der Waals surface area contributed by atoms with E-state index in [0.717, 1.165) is 12.0 Å². The van der Waals surface area contributed by atoms with Crippen LogP contribution in [0, 0.1) is 0 Å². The Kier molecular flexibility index (Phi) is 4.13. The van der Waals surface area contributed by atoms with E-state index < -0.39 is 8.17 Å². The summed E-state index contributed by atoms with van der Waals surface area (Å²) in [5, 5.41) is 0. The van der Waals surface area contributed by atoms with Gasteiger partial charge in [0.2, 0.25) is 0 Å². The van der Waals surface area contributed by atoms with Gasteiger partial charge in [0.25, 0.3) is 0 Å². The van der Waals surface area contributed by atoms with E-state index in [2.05, 4.69) is 0 Å². The molecule has 0 N–H and O–H groups in total. The summed E-state index contributed by atoms with van der Waals surface area (Å²) in [6, 6.07) is 9.59. The van der Waals surface area contributed by atoms with Gasteiger partial charge in [0.1, 0.15) is 12.2 Å². The molecule has 5 heteroatoms. The molecule has 4 nitrogen and oxygen atoms in total. The standard InChI is InChI=1S/C12H17O4P/c1-10-8-9-14-17(13,15-10)16-11(2)12-6-4-3-5-7-12/h3-7,10-11H,8-9H2,1-2H3/t10-,11+,17?/m1/s1. The minimum Gasteiger partial charge on any atom is -0.606 e. The van der Waals surface area contributed by atoms with Crippen molar-refractivity contribution < 1.29 is 18.5 Å². The van der Waals surface area contributed by atoms with Crippen LogP contribution in [0.25, 0.3) is 0 Å². The molecule has 2 rings (SSSR count). The van der Waals surface area contributed by atoms with Crippen LogP contribution in [0.3, 0.4) is 0 Å². The largest absolute Gasteiger partial charge is 0.606 e. The summed E-state index contributed by atoms with van der Waals surface area (Å²) < 4.78 is 15.9. The van der Waals surface area contributed by atoms with E-state index in [-0.39, 0.29) is 12.2 Å². The van der Waals surface area contributed by atoms with Crippen LogP contribution in [0.4, 0.5) is 0 Å². The Bertz CT molecular complexity index is 359. The zero-order chi connectivity index (χ0) is 12.3. The Morgan fingerprint density at radius 3 is 2.76 bits per heavy atom. The van der Waals surface area contributed by atoms with E-state index in [1.165, 1.54) is 0 Å². The highest BCUT2D eigenvalue weighted by Gasteiger charge is 2.41. The van der Waals surface area contributed by atoms with Crippen molar-refractivity contribution >= 4 is 8.17 Å². The lowest BCUT2D eigenvalue weighted by Gasteiger charge is -2.33. The third kappa shape index (κ3) is 3.47. The predicted octanol–water partition coefficient (Wildman–Crippen LogP) is 2.63. The van der Waals surface area contributed by atoms with Crippen molar-refractivity contribution in [1.82, 2.24) is 0 Å². The molecule has 1 aromatic carbocycles. The average molecular weight is 256 g/mol. The monoisotopic (exact) mass is 256 g/mol. The molecule has 17 heavy (non-hydrogen) atoms. The Balaban J connectivity index is 2.00. The molecule has 1 unspecified atom stereocenters. The molecule has 0 saturated carbocycles. The van der Waals surface area contributed by atoms with Gasteiger partial charge in [0.05, 0.1) is 6.61 Å². The first kappa shape index (κ1) is 12.9. The van der Waals surface area contributed by atoms with Crippen LogP contribution >= 0.6 is 8.17 Å². The van der Waals surface area contributed by atoms with Crippen LogP contribution in [0.15, 0.2) is 30.3 Å². The van der Waals surface area contributed by atoms with Crippen molar-refractivity contribution in [2.24, 2.45) is 0 Å². The van der Waals surface area contributed by atoms with Gasteiger partial charge in [-0.3, -0.25) is 0 Å². The van der Waals surface area contributed by atoms with Gasteiger partial charge >= 0.3 is 8.17 Å². The molecule has 1 heterocycles. The first-order valence-corrected chi connectivity index (χ1v) is 7.21. The average Bonchev–Trinajstić information content (AvgIpc) is 2.29. The normalized spacial score (nSPS) is 31.1. The molecule has 1 aromatic rings. The molecule has 1 fully saturated rings. The van der Waals surface area contributed by atoms with E-state index in [1.807, 2.05) is 44.2 Å². The van der Waals surface area contributed by atoms with Crippen molar-refractivity contribution in [3.63, 3.8) is 0 Å². The highest BCUT2D eigenvalue weighted by Crippen LogP contribution is 2.59. The number of rotatable bonds is 3. The second-order valence-corrected chi connectivity index (χ2v) is 5.72. The number of hydrogen-bond donors (Lipinski definition) is 0. The first-order chi connectivity index (χ1) is 8.09. The van der Waals surface area contributed by atoms with E-state index in [1.54, 1.807) is 0 Å². The number of phosphoric acid groups is 1. The van der Waals surface area contributed by atoms with Gasteiger partial charge in [-0.1, -0.05) is 30.3 Å². The Morgan fingerprint density at radius 2 is 2.12 bits per heavy atom. The van der Waals surface area contributed by atoms with Gasteiger partial charge in [0.15, 0.2) is 0 Å². The Morgan fingerprint density at radius 1 is 1.41 bits per heavy atom. The highest BCUT2D eigenvalue weighted by atomic mass is 31.2. The van der Waals surface area contributed by atoms with E-state index in [9.17, 15) is 4.89 Å². The van der Waals surface area contributed by atoms with Gasteiger partial charge < -0.3 is 4.89 Å². The number of benzene rings is 1. The molecule has 0 aromatic heterocycles. The van der Waals surface area contributed by atoms with Gasteiger partial charge in [-0.2, -0.15) is 13.6 Å². The Labute approximate surface area is 102 Å². The Hall–Kier alpha value is -0.510. The van der Waals surface area contributed by atoms with Crippen molar-refractivity contribution in [1.29, 1.82) is 0 Å². The molecule has 0 aliphatic carbocycles. The molecule has 0 bridgehead atoms. The molecular formula is C12H17O4P. The fraction of sp³-hybridized carbons (Fsp3) is 0.500. The lowest BCUT2D eigenvalue weighted by atomic mass is 10.1. The summed E-state index contributed by atoms with van der Waals surface area (Å²) in [6.07, 6.45) is 0.345. The summed E-state index contributed by atoms with van der Waals surface area (Å²) in [5.74, 6) is 0. The fourth-order valence-corrected chi connectivity index (χ4v) is 3.22. The smallest absolute Gasteiger partial charge is 0.380 e. The maximum Gasteiger partial charge on any atom is 0.380 e. The first-order valence-electron chi connectivity index (χ1n) is 5.75. The number of hydrogen-bond acceptors (Lipinski definition) is 4. The van der Waals surface area contributed by atoms with Crippen LogP contribution in [-0.4, -0.2) is 12.7 Å². The minimum absolute atomic E-state index is 0.0856. The van der Waals surface area contributed by atoms with Crippen molar-refractivity contribution in [2.75, 3.05) is 6.61 Å². The van der Waals surface area contributed by atoms with Crippen molar-refractivity contribution in [2.45, 2.75) is 32.5 Å². The second kappa shape index (κ2) is 5.42. The summed E-state index contributed by atoms with van der Waals surface area (Å²) in [7, 11) is -3.39. The van der Waals surface area contributed by atoms with Gasteiger partial charge in [-0.05, 0) is 19.4 Å². The maximum absolute atomic E-state index is 12.2. The summed E-state index contributed by atoms with van der Waals surface area (Å²) in [4.78, 5) is 12.2. The summed E-state index contributed by atoms with van der Waals surface area (Å²) in [5.41, 5.74) is 0.952. The second-order valence-electron chi connectivity index (χ2n) is 4.14. The molecule has 1 saturated heterocycles. The fourth-order valence-electron chi connectivity index (χ4n) is 1.67. The maximum atomic E-state index is 12.2. The van der Waals surface area contributed by atoms with Gasteiger partial charge in [-0.25, -0.2) is 0 Å². The zero-order valence-electron chi connectivity index (χ0n) is 10.0. The third-order valence-electron chi connectivity index (χ3n) is 2.64. The van der Waals surface area contributed by atoms with Gasteiger partial charge in [-0.15, -0.1) is 0 Å². The third-order valence-corrected chi connectivity index (χ3v) is 4.33. The molecule has 0 spiro atoms. The van der Waals surface area contributed by atoms with E-state index in [4.69, 9.17) is 13.6 Å². The van der Waals surface area contributed by atoms with Crippen LogP contribution in [-0.2, 0) is 13.6 Å². The lowest BCUT2D eigenvalue weighted by Crippen LogP contribution is -2.29. The van der Waals surface area contributed by atoms with Gasteiger partial charge in [0, 0.05) is 6.42 Å². The van der Waals surface area contributed by atoms with Crippen molar-refractivity contribution in [3.05, 3.63) is 35.9 Å². The molecule has 0 amide bonds. The van der Waals surface area contributed by atoms with E-state index in [0.29, 0.717) is 6.61 Å². The zero-order valence-corrected chi connectivity index (χ0v) is 10.9. The summed E-state index contributed by atoms with van der Waals surface area (Å²) >= 11 is 0. The molecule has 1 aliphatic heterocycles. The van der Waals surface area contributed by atoms with E-state index >= 15 is 0 Å². The molecule has 1 aliphatic rings. The topological polar surface area (TPSA) is 50.8 Å². The van der Waals surface area contributed by atoms with Crippen LogP contribution in [0.5, 0.6) is 0 Å². The van der Waals surface area contributed by atoms with Crippen LogP contribution in [0.2, 0.25) is 0 Å². The highest BCUT2D eigenvalue weighted by molar-refractivity contribution is 7.54. The predicted molar refractivity (Wildman–Crippen MR) is 64.0 cm³/mol. The van der Waals surface area contributed by atoms with Crippen molar-refractivity contribution in [3.8, 4) is 0 Å². The lowest BCUT2D eigenvalue weighted by molar-refractivity contribution is -0.264. The SMILES string of the molecule is C[C@@H]1CCO[P+]([O-])(O[C@@H](C)c2ccccc2)O1. The molecular weight excluding hydrogens is 239 g/mol. The molecule has 0 radical (unpaired) electrons. The molecule has 94 valence electrons. The number of phosphoric ester groups is 1. The quantitative estimate of drug-likeness (QED) is 0.780. The van der Waals surface area contributed by atoms with Crippen LogP contribution < -0.4 is 4.89 Å².